The van der Waals surface area contributed by atoms with Crippen LogP contribution in [0.2, 0.25) is 10.0 Å². The smallest absolute Gasteiger partial charge is 0.146 e. The highest BCUT2D eigenvalue weighted by atomic mass is 79.9. The molecule has 0 bridgehead atoms. The van der Waals surface area contributed by atoms with E-state index in [1.165, 1.54) is 0 Å². The van der Waals surface area contributed by atoms with E-state index in [4.69, 9.17) is 27.9 Å². The van der Waals surface area contributed by atoms with E-state index in [0.29, 0.717) is 15.8 Å². The maximum atomic E-state index is 6.12. The Labute approximate surface area is 139 Å². The summed E-state index contributed by atoms with van der Waals surface area (Å²) in [5, 5.41) is 1.01. The van der Waals surface area contributed by atoms with Crippen LogP contribution in [0.5, 0.6) is 5.75 Å². The molecule has 0 aliphatic rings. The molecule has 0 fully saturated rings. The van der Waals surface area contributed by atoms with Crippen LogP contribution in [0.1, 0.15) is 0 Å². The predicted molar refractivity (Wildman–Crippen MR) is 85.9 cm³/mol. The second-order valence-electron chi connectivity index (χ2n) is 3.41. The Kier molecular flexibility index (Phi) is 4.70. The fraction of sp³-hybridized carbons (Fsp3) is 0.0909. The van der Waals surface area contributed by atoms with E-state index in [-0.39, 0.29) is 0 Å². The molecule has 18 heavy (non-hydrogen) atoms. The molecule has 0 atom stereocenters. The summed E-state index contributed by atoms with van der Waals surface area (Å²) in [5.74, 6) is 0.572. The number of methoxy groups -OCH3 is 1. The number of benzene rings is 1. The number of rotatable bonds is 2. The quantitative estimate of drug-likeness (QED) is 0.539. The summed E-state index contributed by atoms with van der Waals surface area (Å²) >= 11 is 22.5. The van der Waals surface area contributed by atoms with Crippen molar-refractivity contribution in [3.63, 3.8) is 0 Å². The number of aromatic nitrogens is 1. The first kappa shape index (κ1) is 14.7. The summed E-state index contributed by atoms with van der Waals surface area (Å²) in [6.45, 7) is 0. The number of halogens is 5. The standard InChI is InChI=1S/C11H6Br3Cl2NO/c1-18-10-5(2-4(15)3-6(10)16)9-7(12)8(13)11(14)17-9/h2-3,17H,1H3. The van der Waals surface area contributed by atoms with Gasteiger partial charge in [-0.25, -0.2) is 0 Å². The number of nitrogens with one attached hydrogen (secondary N) is 1. The van der Waals surface area contributed by atoms with E-state index in [1.807, 2.05) is 0 Å². The monoisotopic (exact) mass is 475 g/mol. The van der Waals surface area contributed by atoms with Crippen LogP contribution in [0.15, 0.2) is 25.7 Å². The first-order valence-corrected chi connectivity index (χ1v) is 7.85. The van der Waals surface area contributed by atoms with Crippen LogP contribution in [0.3, 0.4) is 0 Å². The molecule has 7 heteroatoms. The molecule has 2 rings (SSSR count). The number of H-pyrrole nitrogens is 1. The van der Waals surface area contributed by atoms with E-state index in [2.05, 4.69) is 52.8 Å². The Bertz CT molecular complexity index is 613. The van der Waals surface area contributed by atoms with Gasteiger partial charge in [0.1, 0.15) is 5.75 Å². The molecule has 1 heterocycles. The molecule has 0 aliphatic carbocycles. The minimum Gasteiger partial charge on any atom is -0.494 e. The van der Waals surface area contributed by atoms with Crippen LogP contribution in [-0.2, 0) is 0 Å². The zero-order valence-corrected chi connectivity index (χ0v) is 15.2. The third-order valence-corrected chi connectivity index (χ3v) is 6.07. The highest BCUT2D eigenvalue weighted by molar-refractivity contribution is 9.14. The Morgan fingerprint density at radius 1 is 1.11 bits per heavy atom. The first-order chi connectivity index (χ1) is 8.45. The van der Waals surface area contributed by atoms with Crippen molar-refractivity contribution in [2.75, 3.05) is 7.11 Å². The highest BCUT2D eigenvalue weighted by Crippen LogP contribution is 2.45. The average molecular weight is 479 g/mol. The van der Waals surface area contributed by atoms with Gasteiger partial charge in [0.15, 0.2) is 0 Å². The lowest BCUT2D eigenvalue weighted by Crippen LogP contribution is -1.90. The van der Waals surface area contributed by atoms with Gasteiger partial charge in [-0.3, -0.25) is 0 Å². The maximum Gasteiger partial charge on any atom is 0.146 e. The SMILES string of the molecule is COc1c(Cl)cc(Cl)cc1-c1[nH]c(Br)c(Br)c1Br. The van der Waals surface area contributed by atoms with Gasteiger partial charge < -0.3 is 9.72 Å². The number of ether oxygens (including phenoxy) is 1. The van der Waals surface area contributed by atoms with E-state index in [0.717, 1.165) is 24.8 Å². The van der Waals surface area contributed by atoms with Gasteiger partial charge in [-0.1, -0.05) is 23.2 Å². The highest BCUT2D eigenvalue weighted by Gasteiger charge is 2.19. The van der Waals surface area contributed by atoms with Gasteiger partial charge in [0, 0.05) is 10.6 Å². The summed E-state index contributed by atoms with van der Waals surface area (Å²) in [6.07, 6.45) is 0. The summed E-state index contributed by atoms with van der Waals surface area (Å²) < 4.78 is 7.90. The summed E-state index contributed by atoms with van der Waals surface area (Å²) in [7, 11) is 1.57. The summed E-state index contributed by atoms with van der Waals surface area (Å²) in [6, 6.07) is 3.44. The predicted octanol–water partition coefficient (Wildman–Crippen LogP) is 6.28. The molecule has 0 spiro atoms. The zero-order valence-electron chi connectivity index (χ0n) is 8.95. The van der Waals surface area contributed by atoms with Crippen LogP contribution in [0.25, 0.3) is 11.3 Å². The van der Waals surface area contributed by atoms with Crippen molar-refractivity contribution in [3.8, 4) is 17.0 Å². The third kappa shape index (κ3) is 2.61. The molecule has 0 amide bonds. The average Bonchev–Trinajstić information content (AvgIpc) is 2.56. The van der Waals surface area contributed by atoms with Crippen molar-refractivity contribution >= 4 is 71.0 Å². The Balaban J connectivity index is 2.73. The minimum absolute atomic E-state index is 0.466. The van der Waals surface area contributed by atoms with Crippen molar-refractivity contribution in [2.45, 2.75) is 0 Å². The molecule has 0 saturated heterocycles. The molecule has 2 nitrogen and oxygen atoms in total. The second kappa shape index (κ2) is 5.75. The third-order valence-electron chi connectivity index (χ3n) is 2.32. The van der Waals surface area contributed by atoms with Crippen LogP contribution in [-0.4, -0.2) is 12.1 Å². The van der Waals surface area contributed by atoms with Gasteiger partial charge >= 0.3 is 0 Å². The lowest BCUT2D eigenvalue weighted by atomic mass is 10.1. The molecule has 1 N–H and O–H groups in total. The van der Waals surface area contributed by atoms with Crippen molar-refractivity contribution in [2.24, 2.45) is 0 Å². The molecule has 0 unspecified atom stereocenters. The van der Waals surface area contributed by atoms with Crippen LogP contribution in [0, 0.1) is 0 Å². The van der Waals surface area contributed by atoms with E-state index in [9.17, 15) is 0 Å². The zero-order chi connectivity index (χ0) is 13.4. The van der Waals surface area contributed by atoms with E-state index < -0.39 is 0 Å². The van der Waals surface area contributed by atoms with Crippen molar-refractivity contribution in [1.29, 1.82) is 0 Å². The molecule has 2 aromatic rings. The summed E-state index contributed by atoms with van der Waals surface area (Å²) in [4.78, 5) is 3.18. The van der Waals surface area contributed by atoms with Gasteiger partial charge in [-0.2, -0.15) is 0 Å². The lowest BCUT2D eigenvalue weighted by molar-refractivity contribution is 0.416. The molecule has 96 valence electrons. The molecule has 0 saturated carbocycles. The van der Waals surface area contributed by atoms with Gasteiger partial charge in [-0.15, -0.1) is 0 Å². The maximum absolute atomic E-state index is 6.12. The van der Waals surface area contributed by atoms with Gasteiger partial charge in [0.2, 0.25) is 0 Å². The number of hydrogen-bond acceptors (Lipinski definition) is 1. The summed E-state index contributed by atoms with van der Waals surface area (Å²) in [5.41, 5.74) is 1.61. The van der Waals surface area contributed by atoms with Crippen molar-refractivity contribution in [1.82, 2.24) is 4.98 Å². The minimum atomic E-state index is 0.466. The fourth-order valence-corrected chi connectivity index (χ4v) is 3.61. The van der Waals surface area contributed by atoms with Gasteiger partial charge in [0.25, 0.3) is 0 Å². The van der Waals surface area contributed by atoms with E-state index >= 15 is 0 Å². The van der Waals surface area contributed by atoms with Gasteiger partial charge in [0.05, 0.1) is 31.4 Å². The topological polar surface area (TPSA) is 25.0 Å². The molecular formula is C11H6Br3Cl2NO. The van der Waals surface area contributed by atoms with Crippen LogP contribution >= 0.6 is 71.0 Å². The second-order valence-corrected chi connectivity index (χ2v) is 6.63. The van der Waals surface area contributed by atoms with Gasteiger partial charge in [-0.05, 0) is 59.9 Å². The molecule has 1 aromatic carbocycles. The van der Waals surface area contributed by atoms with Crippen LogP contribution in [0.4, 0.5) is 0 Å². The largest absolute Gasteiger partial charge is 0.494 e. The van der Waals surface area contributed by atoms with Crippen molar-refractivity contribution < 1.29 is 4.74 Å². The van der Waals surface area contributed by atoms with E-state index in [1.54, 1.807) is 19.2 Å². The first-order valence-electron chi connectivity index (χ1n) is 4.71. The van der Waals surface area contributed by atoms with Crippen LogP contribution < -0.4 is 4.74 Å². The molecular weight excluding hydrogens is 473 g/mol. The fourth-order valence-electron chi connectivity index (χ4n) is 1.56. The molecule has 1 aromatic heterocycles. The Morgan fingerprint density at radius 2 is 1.78 bits per heavy atom. The molecule has 0 aliphatic heterocycles. The normalized spacial score (nSPS) is 10.8. The number of aromatic amines is 1. The Hall–Kier alpha value is 0.320. The van der Waals surface area contributed by atoms with Crippen molar-refractivity contribution in [3.05, 3.63) is 35.7 Å². The molecule has 0 radical (unpaired) electrons. The Morgan fingerprint density at radius 3 is 2.28 bits per heavy atom. The lowest BCUT2D eigenvalue weighted by Gasteiger charge is -2.10. The number of hydrogen-bond donors (Lipinski definition) is 1.